The fourth-order valence-electron chi connectivity index (χ4n) is 1.87. The topological polar surface area (TPSA) is 45.5 Å². The molecular weight excluding hydrogens is 288 g/mol. The molecule has 0 aliphatic heterocycles. The van der Waals surface area contributed by atoms with Crippen molar-refractivity contribution >= 4 is 35.0 Å². The van der Waals surface area contributed by atoms with E-state index in [0.717, 1.165) is 11.4 Å². The average Bonchev–Trinajstić information content (AvgIpc) is 2.82. The van der Waals surface area contributed by atoms with Crippen LogP contribution in [0.25, 0.3) is 6.08 Å². The average molecular weight is 305 g/mol. The van der Waals surface area contributed by atoms with E-state index in [4.69, 9.17) is 16.0 Å². The highest BCUT2D eigenvalue weighted by atomic mass is 35.5. The van der Waals surface area contributed by atoms with Crippen molar-refractivity contribution in [2.75, 3.05) is 24.3 Å². The molecule has 1 aromatic carbocycles. The first-order chi connectivity index (χ1) is 9.95. The van der Waals surface area contributed by atoms with Crippen LogP contribution >= 0.6 is 11.6 Å². The van der Waals surface area contributed by atoms with Crippen LogP contribution in [0.5, 0.6) is 0 Å². The maximum atomic E-state index is 12.0. The molecule has 1 aromatic heterocycles. The van der Waals surface area contributed by atoms with Crippen molar-refractivity contribution in [3.8, 4) is 0 Å². The number of hydrogen-bond donors (Lipinski definition) is 1. The Bertz CT molecular complexity index is 675. The van der Waals surface area contributed by atoms with E-state index in [0.29, 0.717) is 16.5 Å². The Hall–Kier alpha value is -2.20. The van der Waals surface area contributed by atoms with E-state index in [-0.39, 0.29) is 5.91 Å². The first-order valence-electron chi connectivity index (χ1n) is 6.48. The number of nitrogens with zero attached hydrogens (tertiary/aromatic N) is 1. The number of amides is 1. The van der Waals surface area contributed by atoms with Gasteiger partial charge in [0.05, 0.1) is 11.4 Å². The molecule has 21 heavy (non-hydrogen) atoms. The van der Waals surface area contributed by atoms with E-state index in [1.165, 1.54) is 6.08 Å². The van der Waals surface area contributed by atoms with Crippen LogP contribution < -0.4 is 10.2 Å². The van der Waals surface area contributed by atoms with Crippen LogP contribution in [0.4, 0.5) is 11.4 Å². The number of benzene rings is 1. The number of carbonyl (C=O) groups is 1. The van der Waals surface area contributed by atoms with Gasteiger partial charge in [-0.05, 0) is 43.3 Å². The molecule has 2 rings (SSSR count). The molecule has 0 spiro atoms. The number of aryl methyl sites for hydroxylation is 1. The van der Waals surface area contributed by atoms with Gasteiger partial charge in [0, 0.05) is 25.2 Å². The van der Waals surface area contributed by atoms with Crippen molar-refractivity contribution < 1.29 is 9.21 Å². The van der Waals surface area contributed by atoms with Gasteiger partial charge in [-0.1, -0.05) is 11.6 Å². The molecule has 0 aliphatic carbocycles. The second kappa shape index (κ2) is 6.50. The Labute approximate surface area is 129 Å². The van der Waals surface area contributed by atoms with Crippen molar-refractivity contribution in [1.82, 2.24) is 0 Å². The maximum Gasteiger partial charge on any atom is 0.248 e. The minimum atomic E-state index is -0.241. The van der Waals surface area contributed by atoms with E-state index in [1.54, 1.807) is 18.2 Å². The molecule has 2 aromatic rings. The molecule has 110 valence electrons. The molecular formula is C16H17ClN2O2. The molecule has 0 saturated heterocycles. The molecule has 1 N–H and O–H groups in total. The molecule has 0 saturated carbocycles. The number of anilines is 2. The van der Waals surface area contributed by atoms with Gasteiger partial charge >= 0.3 is 0 Å². The Morgan fingerprint density at radius 3 is 2.67 bits per heavy atom. The van der Waals surface area contributed by atoms with Crippen molar-refractivity contribution in [3.63, 3.8) is 0 Å². The lowest BCUT2D eigenvalue weighted by atomic mass is 10.2. The third-order valence-corrected chi connectivity index (χ3v) is 3.09. The maximum absolute atomic E-state index is 12.0. The minimum absolute atomic E-state index is 0.241. The van der Waals surface area contributed by atoms with Gasteiger partial charge in [0.1, 0.15) is 11.5 Å². The van der Waals surface area contributed by atoms with Crippen molar-refractivity contribution in [2.45, 2.75) is 6.92 Å². The van der Waals surface area contributed by atoms with Gasteiger partial charge in [0.25, 0.3) is 0 Å². The summed E-state index contributed by atoms with van der Waals surface area (Å²) in [6, 6.07) is 9.02. The van der Waals surface area contributed by atoms with Gasteiger partial charge in [-0.15, -0.1) is 0 Å². The summed E-state index contributed by atoms with van der Waals surface area (Å²) in [5.41, 5.74) is 1.55. The van der Waals surface area contributed by atoms with E-state index < -0.39 is 0 Å². The fraction of sp³-hybridized carbons (Fsp3) is 0.188. The molecule has 0 bridgehead atoms. The van der Waals surface area contributed by atoms with Crippen molar-refractivity contribution in [1.29, 1.82) is 0 Å². The van der Waals surface area contributed by atoms with Crippen LogP contribution in [0.3, 0.4) is 0 Å². The van der Waals surface area contributed by atoms with Gasteiger partial charge in [-0.25, -0.2) is 0 Å². The molecule has 0 aliphatic rings. The normalized spacial score (nSPS) is 10.9. The highest BCUT2D eigenvalue weighted by Crippen LogP contribution is 2.27. The second-order valence-corrected chi connectivity index (χ2v) is 5.26. The summed E-state index contributed by atoms with van der Waals surface area (Å²) >= 11 is 5.98. The lowest BCUT2D eigenvalue weighted by molar-refractivity contribution is -0.111. The number of nitrogens with one attached hydrogen (secondary N) is 1. The molecule has 0 fully saturated rings. The summed E-state index contributed by atoms with van der Waals surface area (Å²) in [4.78, 5) is 13.9. The summed E-state index contributed by atoms with van der Waals surface area (Å²) in [5.74, 6) is 1.20. The monoisotopic (exact) mass is 304 g/mol. The zero-order valence-corrected chi connectivity index (χ0v) is 12.9. The zero-order chi connectivity index (χ0) is 15.4. The number of rotatable bonds is 4. The van der Waals surface area contributed by atoms with Crippen LogP contribution in [0.1, 0.15) is 11.5 Å². The number of hydrogen-bond acceptors (Lipinski definition) is 3. The standard InChI is InChI=1S/C16H17ClN2O2/c1-11-4-6-13(21-11)7-9-16(20)18-14-10-12(17)5-8-15(14)19(2)3/h4-10H,1-3H3,(H,18,20)/b9-7+. The smallest absolute Gasteiger partial charge is 0.248 e. The van der Waals surface area contributed by atoms with Crippen molar-refractivity contribution in [3.05, 3.63) is 53.0 Å². The number of carbonyl (C=O) groups excluding carboxylic acids is 1. The second-order valence-electron chi connectivity index (χ2n) is 4.83. The van der Waals surface area contributed by atoms with Gasteiger partial charge in [0.2, 0.25) is 5.91 Å². The molecule has 1 amide bonds. The lowest BCUT2D eigenvalue weighted by Crippen LogP contribution is -2.15. The van der Waals surface area contributed by atoms with Crippen LogP contribution in [0.2, 0.25) is 5.02 Å². The third-order valence-electron chi connectivity index (χ3n) is 2.86. The predicted octanol–water partition coefficient (Wildman–Crippen LogP) is 3.96. The molecule has 0 unspecified atom stereocenters. The number of furan rings is 1. The lowest BCUT2D eigenvalue weighted by Gasteiger charge is -2.17. The first kappa shape index (κ1) is 15.2. The largest absolute Gasteiger partial charge is 0.462 e. The highest BCUT2D eigenvalue weighted by molar-refractivity contribution is 6.31. The van der Waals surface area contributed by atoms with E-state index in [1.807, 2.05) is 44.1 Å². The van der Waals surface area contributed by atoms with Crippen LogP contribution in [-0.2, 0) is 4.79 Å². The Morgan fingerprint density at radius 1 is 1.29 bits per heavy atom. The Balaban J connectivity index is 2.12. The molecule has 1 heterocycles. The highest BCUT2D eigenvalue weighted by Gasteiger charge is 2.07. The molecule has 5 heteroatoms. The van der Waals surface area contributed by atoms with Crippen LogP contribution in [0, 0.1) is 6.92 Å². The summed E-state index contributed by atoms with van der Waals surface area (Å²) in [5, 5.41) is 3.39. The van der Waals surface area contributed by atoms with Crippen molar-refractivity contribution in [2.24, 2.45) is 0 Å². The van der Waals surface area contributed by atoms with Crippen LogP contribution in [0.15, 0.2) is 40.8 Å². The quantitative estimate of drug-likeness (QED) is 0.870. The molecule has 4 nitrogen and oxygen atoms in total. The fourth-order valence-corrected chi connectivity index (χ4v) is 2.05. The summed E-state index contributed by atoms with van der Waals surface area (Å²) in [6.45, 7) is 1.85. The summed E-state index contributed by atoms with van der Waals surface area (Å²) in [7, 11) is 3.81. The zero-order valence-electron chi connectivity index (χ0n) is 12.2. The first-order valence-corrected chi connectivity index (χ1v) is 6.86. The van der Waals surface area contributed by atoms with Gasteiger partial charge < -0.3 is 14.6 Å². The van der Waals surface area contributed by atoms with E-state index in [9.17, 15) is 4.79 Å². The minimum Gasteiger partial charge on any atom is -0.462 e. The Kier molecular flexibility index (Phi) is 4.70. The van der Waals surface area contributed by atoms with Crippen LogP contribution in [-0.4, -0.2) is 20.0 Å². The SMILES string of the molecule is Cc1ccc(/C=C/C(=O)Nc2cc(Cl)ccc2N(C)C)o1. The molecule has 0 radical (unpaired) electrons. The van der Waals surface area contributed by atoms with Gasteiger partial charge in [0.15, 0.2) is 0 Å². The third kappa shape index (κ3) is 4.13. The molecule has 0 atom stereocenters. The number of halogens is 1. The van der Waals surface area contributed by atoms with Gasteiger partial charge in [-0.2, -0.15) is 0 Å². The summed E-state index contributed by atoms with van der Waals surface area (Å²) in [6.07, 6.45) is 3.06. The predicted molar refractivity (Wildman–Crippen MR) is 86.9 cm³/mol. The van der Waals surface area contributed by atoms with Gasteiger partial charge in [-0.3, -0.25) is 4.79 Å². The Morgan fingerprint density at radius 2 is 2.05 bits per heavy atom. The summed E-state index contributed by atoms with van der Waals surface area (Å²) < 4.78 is 5.37. The van der Waals surface area contributed by atoms with E-state index >= 15 is 0 Å². The van der Waals surface area contributed by atoms with E-state index in [2.05, 4.69) is 5.32 Å².